The quantitative estimate of drug-likeness (QED) is 0.365. The predicted octanol–water partition coefficient (Wildman–Crippen LogP) is 5.95. The molecule has 2 nitrogen and oxygen atoms in total. The van der Waals surface area contributed by atoms with Crippen LogP contribution in [0.4, 0.5) is 26.3 Å². The van der Waals surface area contributed by atoms with Gasteiger partial charge < -0.3 is 5.11 Å². The van der Waals surface area contributed by atoms with Crippen LogP contribution in [-0.2, 0) is 18.2 Å². The first kappa shape index (κ1) is 21.6. The van der Waals surface area contributed by atoms with Gasteiger partial charge in [0, 0.05) is 5.56 Å². The van der Waals surface area contributed by atoms with E-state index in [4.69, 9.17) is 11.6 Å². The van der Waals surface area contributed by atoms with Crippen LogP contribution in [0.15, 0.2) is 42.5 Å². The fourth-order valence-corrected chi connectivity index (χ4v) is 3.71. The highest BCUT2D eigenvalue weighted by atomic mass is 35.5. The van der Waals surface area contributed by atoms with E-state index in [9.17, 15) is 36.2 Å². The highest BCUT2D eigenvalue weighted by Crippen LogP contribution is 2.44. The molecule has 0 saturated carbocycles. The maximum atomic E-state index is 13.7. The molecule has 0 radical (unpaired) electrons. The molecule has 2 aromatic carbocycles. The molecule has 29 heavy (non-hydrogen) atoms. The third kappa shape index (κ3) is 4.14. The van der Waals surface area contributed by atoms with Crippen LogP contribution in [0.2, 0.25) is 0 Å². The Kier molecular flexibility index (Phi) is 5.47. The van der Waals surface area contributed by atoms with E-state index in [1.165, 1.54) is 12.1 Å². The zero-order valence-corrected chi connectivity index (χ0v) is 15.5. The number of halogens is 7. The number of hydrogen-bond acceptors (Lipinski definition) is 2. The van der Waals surface area contributed by atoms with Crippen LogP contribution < -0.4 is 0 Å². The van der Waals surface area contributed by atoms with Crippen molar-refractivity contribution in [2.24, 2.45) is 0 Å². The van der Waals surface area contributed by atoms with E-state index in [0.29, 0.717) is 18.9 Å². The molecule has 1 unspecified atom stereocenters. The first-order valence-corrected chi connectivity index (χ1v) is 9.03. The van der Waals surface area contributed by atoms with Crippen LogP contribution in [0.1, 0.15) is 50.8 Å². The molecule has 0 aliphatic heterocycles. The van der Waals surface area contributed by atoms with Gasteiger partial charge in [0.2, 0.25) is 0 Å². The molecule has 3 rings (SSSR count). The summed E-state index contributed by atoms with van der Waals surface area (Å²) < 4.78 is 79.7. The van der Waals surface area contributed by atoms with Crippen molar-refractivity contribution < 1.29 is 36.2 Å². The lowest BCUT2D eigenvalue weighted by molar-refractivity contribution is -0.265. The Morgan fingerprint density at radius 2 is 1.69 bits per heavy atom. The molecule has 9 heteroatoms. The molecule has 1 N–H and O–H groups in total. The van der Waals surface area contributed by atoms with Crippen LogP contribution in [0.3, 0.4) is 0 Å². The van der Waals surface area contributed by atoms with E-state index in [0.717, 1.165) is 23.3 Å². The van der Waals surface area contributed by atoms with Gasteiger partial charge in [0.1, 0.15) is 0 Å². The highest BCUT2D eigenvalue weighted by molar-refractivity contribution is 6.21. The number of carbonyl (C=O) groups excluding carboxylic acids is 1. The summed E-state index contributed by atoms with van der Waals surface area (Å²) in [6.45, 7) is 0. The molecule has 0 saturated heterocycles. The maximum Gasteiger partial charge on any atom is 0.421 e. The van der Waals surface area contributed by atoms with Crippen molar-refractivity contribution in [2.45, 2.75) is 42.6 Å². The number of Topliss-reactive ketones (excluding diaryl/α,β-unsaturated/α-hetero) is 1. The van der Waals surface area contributed by atoms with Crippen molar-refractivity contribution in [3.8, 4) is 0 Å². The lowest BCUT2D eigenvalue weighted by atomic mass is 9.85. The van der Waals surface area contributed by atoms with Crippen LogP contribution in [-0.4, -0.2) is 17.1 Å². The number of fused-ring (bicyclic) bond motifs is 1. The summed E-state index contributed by atoms with van der Waals surface area (Å²) in [5, 5.41) is 10.1. The second kappa shape index (κ2) is 7.32. The number of rotatable bonds is 4. The van der Waals surface area contributed by atoms with Crippen LogP contribution in [0.5, 0.6) is 0 Å². The number of carbonyl (C=O) groups is 1. The number of alkyl halides is 7. The molecular formula is C20H15ClF6O2. The second-order valence-electron chi connectivity index (χ2n) is 6.96. The minimum Gasteiger partial charge on any atom is -0.376 e. The number of aliphatic hydroxyl groups is 1. The van der Waals surface area contributed by atoms with Crippen LogP contribution in [0, 0.1) is 0 Å². The molecule has 2 aromatic rings. The zero-order valence-electron chi connectivity index (χ0n) is 14.7. The smallest absolute Gasteiger partial charge is 0.376 e. The summed E-state index contributed by atoms with van der Waals surface area (Å²) in [7, 11) is 0. The number of ketones is 1. The molecule has 0 amide bonds. The molecule has 0 fully saturated rings. The molecule has 0 bridgehead atoms. The summed E-state index contributed by atoms with van der Waals surface area (Å²) in [4.78, 5) is 12.5. The number of aryl methyl sites for hydroxylation is 1. The summed E-state index contributed by atoms with van der Waals surface area (Å²) >= 11 is 6.11. The van der Waals surface area contributed by atoms with E-state index >= 15 is 0 Å². The molecule has 156 valence electrons. The zero-order chi connectivity index (χ0) is 21.6. The van der Waals surface area contributed by atoms with Gasteiger partial charge >= 0.3 is 12.4 Å². The van der Waals surface area contributed by atoms with Crippen molar-refractivity contribution in [1.82, 2.24) is 0 Å². The molecular weight excluding hydrogens is 422 g/mol. The Balaban J connectivity index is 1.97. The summed E-state index contributed by atoms with van der Waals surface area (Å²) in [5.74, 6) is -1.04. The lowest BCUT2D eigenvalue weighted by Crippen LogP contribution is -2.44. The first-order chi connectivity index (χ1) is 13.3. The van der Waals surface area contributed by atoms with Gasteiger partial charge in [0.15, 0.2) is 11.4 Å². The molecule has 1 aliphatic rings. The third-order valence-electron chi connectivity index (χ3n) is 5.02. The van der Waals surface area contributed by atoms with Gasteiger partial charge in [0.25, 0.3) is 0 Å². The SMILES string of the molecule is O=C(C[C@@](O)(c1cccc(C(F)(F)F)c1)C(F)(F)F)c1ccc2c(c1)CCC2Cl. The van der Waals surface area contributed by atoms with Gasteiger partial charge in [-0.2, -0.15) is 26.3 Å². The summed E-state index contributed by atoms with van der Waals surface area (Å²) in [5.41, 5.74) is -4.72. The molecule has 0 spiro atoms. The Morgan fingerprint density at radius 3 is 2.31 bits per heavy atom. The monoisotopic (exact) mass is 436 g/mol. The predicted molar refractivity (Wildman–Crippen MR) is 93.7 cm³/mol. The van der Waals surface area contributed by atoms with Crippen LogP contribution >= 0.6 is 11.6 Å². The topological polar surface area (TPSA) is 37.3 Å². The average Bonchev–Trinajstić information content (AvgIpc) is 3.00. The third-order valence-corrected chi connectivity index (χ3v) is 5.48. The highest BCUT2D eigenvalue weighted by Gasteiger charge is 2.56. The standard InChI is InChI=1S/C20H15ClF6O2/c21-16-7-5-11-8-12(4-6-15(11)16)17(28)10-18(29,20(25,26)27)13-2-1-3-14(9-13)19(22,23)24/h1-4,6,8-9,16,29H,5,7,10H2/t16?,18-/m1/s1. The summed E-state index contributed by atoms with van der Waals surface area (Å²) in [6, 6.07) is 6.55. The molecule has 2 atom stereocenters. The Morgan fingerprint density at radius 1 is 1.03 bits per heavy atom. The van der Waals surface area contributed by atoms with Gasteiger partial charge in [-0.15, -0.1) is 11.6 Å². The van der Waals surface area contributed by atoms with Gasteiger partial charge in [-0.25, -0.2) is 0 Å². The van der Waals surface area contributed by atoms with Crippen molar-refractivity contribution in [3.63, 3.8) is 0 Å². The fourth-order valence-electron chi connectivity index (χ4n) is 3.39. The van der Waals surface area contributed by atoms with Crippen LogP contribution in [0.25, 0.3) is 0 Å². The molecule has 0 aromatic heterocycles. The minimum atomic E-state index is -5.37. The van der Waals surface area contributed by atoms with E-state index in [1.807, 2.05) is 0 Å². The van der Waals surface area contributed by atoms with Gasteiger partial charge in [-0.3, -0.25) is 4.79 Å². The lowest BCUT2D eigenvalue weighted by Gasteiger charge is -2.31. The second-order valence-corrected chi connectivity index (χ2v) is 7.48. The van der Waals surface area contributed by atoms with E-state index in [2.05, 4.69) is 0 Å². The van der Waals surface area contributed by atoms with E-state index in [-0.39, 0.29) is 17.0 Å². The van der Waals surface area contributed by atoms with E-state index < -0.39 is 41.3 Å². The van der Waals surface area contributed by atoms with Crippen molar-refractivity contribution in [1.29, 1.82) is 0 Å². The van der Waals surface area contributed by atoms with E-state index in [1.54, 1.807) is 6.07 Å². The number of benzene rings is 2. The minimum absolute atomic E-state index is 0.0656. The maximum absolute atomic E-state index is 13.7. The Hall–Kier alpha value is -2.06. The van der Waals surface area contributed by atoms with Gasteiger partial charge in [0.05, 0.1) is 17.4 Å². The first-order valence-electron chi connectivity index (χ1n) is 8.60. The summed E-state index contributed by atoms with van der Waals surface area (Å²) in [6.07, 6.45) is -10.5. The van der Waals surface area contributed by atoms with Crippen molar-refractivity contribution in [2.75, 3.05) is 0 Å². The van der Waals surface area contributed by atoms with Gasteiger partial charge in [-0.05, 0) is 47.7 Å². The average molecular weight is 437 g/mol. The molecule has 0 heterocycles. The largest absolute Gasteiger partial charge is 0.421 e. The fraction of sp³-hybridized carbons (Fsp3) is 0.350. The molecule has 1 aliphatic carbocycles. The number of hydrogen-bond donors (Lipinski definition) is 1. The van der Waals surface area contributed by atoms with Crippen molar-refractivity contribution in [3.05, 3.63) is 70.3 Å². The van der Waals surface area contributed by atoms with Gasteiger partial charge in [-0.1, -0.05) is 24.3 Å². The Labute approximate surface area is 167 Å². The Bertz CT molecular complexity index is 937. The van der Waals surface area contributed by atoms with Crippen molar-refractivity contribution >= 4 is 17.4 Å². The normalized spacial score (nSPS) is 19.0.